The fraction of sp³-hybridized carbons (Fsp3) is 0.692. The Morgan fingerprint density at radius 3 is 3.12 bits per heavy atom. The molecule has 0 spiro atoms. The van der Waals surface area contributed by atoms with Gasteiger partial charge < -0.3 is 15.8 Å². The van der Waals surface area contributed by atoms with Gasteiger partial charge in [0.2, 0.25) is 0 Å². The predicted octanol–water partition coefficient (Wildman–Crippen LogP) is 0.671. The first kappa shape index (κ1) is 12.5. The third-order valence-electron chi connectivity index (χ3n) is 3.78. The zero-order valence-electron chi connectivity index (χ0n) is 10.6. The van der Waals surface area contributed by atoms with Crippen molar-refractivity contribution in [2.75, 3.05) is 26.2 Å². The Morgan fingerprint density at radius 2 is 2.53 bits per heavy atom. The second kappa shape index (κ2) is 5.56. The minimum atomic E-state index is 0.308. The van der Waals surface area contributed by atoms with Crippen LogP contribution in [0, 0.1) is 5.92 Å². The normalized spacial score (nSPS) is 34.9. The second-order valence-electron chi connectivity index (χ2n) is 4.80. The van der Waals surface area contributed by atoms with E-state index in [1.165, 1.54) is 0 Å². The van der Waals surface area contributed by atoms with Crippen molar-refractivity contribution < 1.29 is 4.74 Å². The summed E-state index contributed by atoms with van der Waals surface area (Å²) in [4.78, 5) is 2.43. The number of allylic oxidation sites excluding steroid dienone is 1. The molecule has 4 heteroatoms. The molecule has 2 aliphatic heterocycles. The van der Waals surface area contributed by atoms with Gasteiger partial charge in [0.15, 0.2) is 0 Å². The van der Waals surface area contributed by atoms with Crippen molar-refractivity contribution >= 4 is 0 Å². The van der Waals surface area contributed by atoms with E-state index >= 15 is 0 Å². The number of hydrogen-bond donors (Lipinski definition) is 2. The highest BCUT2D eigenvalue weighted by molar-refractivity contribution is 5.02. The summed E-state index contributed by atoms with van der Waals surface area (Å²) >= 11 is 0. The molecule has 17 heavy (non-hydrogen) atoms. The number of ether oxygens (including phenoxy) is 1. The van der Waals surface area contributed by atoms with Crippen LogP contribution in [0.4, 0.5) is 0 Å². The maximum absolute atomic E-state index is 5.97. The van der Waals surface area contributed by atoms with Crippen LogP contribution in [0.15, 0.2) is 24.6 Å². The van der Waals surface area contributed by atoms with Crippen molar-refractivity contribution in [3.05, 3.63) is 24.6 Å². The van der Waals surface area contributed by atoms with E-state index in [0.29, 0.717) is 18.1 Å². The molecule has 1 unspecified atom stereocenters. The van der Waals surface area contributed by atoms with Crippen LogP contribution in [0.2, 0.25) is 0 Å². The van der Waals surface area contributed by atoms with E-state index in [0.717, 1.165) is 38.5 Å². The van der Waals surface area contributed by atoms with Crippen LogP contribution in [0.3, 0.4) is 0 Å². The quantitative estimate of drug-likeness (QED) is 0.708. The highest BCUT2D eigenvalue weighted by atomic mass is 16.5. The Balaban J connectivity index is 1.93. The molecule has 0 amide bonds. The molecule has 1 fully saturated rings. The van der Waals surface area contributed by atoms with Crippen molar-refractivity contribution in [1.29, 1.82) is 0 Å². The van der Waals surface area contributed by atoms with Crippen LogP contribution >= 0.6 is 0 Å². The van der Waals surface area contributed by atoms with E-state index in [1.807, 2.05) is 6.08 Å². The Labute approximate surface area is 103 Å². The fourth-order valence-electron chi connectivity index (χ4n) is 2.58. The lowest BCUT2D eigenvalue weighted by molar-refractivity contribution is -0.0740. The maximum atomic E-state index is 5.97. The summed E-state index contributed by atoms with van der Waals surface area (Å²) in [5.41, 5.74) is 5.71. The van der Waals surface area contributed by atoms with E-state index in [2.05, 4.69) is 29.8 Å². The molecule has 4 nitrogen and oxygen atoms in total. The van der Waals surface area contributed by atoms with Gasteiger partial charge in [0.25, 0.3) is 0 Å². The third-order valence-corrected chi connectivity index (χ3v) is 3.78. The monoisotopic (exact) mass is 237 g/mol. The lowest BCUT2D eigenvalue weighted by Gasteiger charge is -2.41. The molecule has 3 N–H and O–H groups in total. The fourth-order valence-corrected chi connectivity index (χ4v) is 2.58. The van der Waals surface area contributed by atoms with Crippen LogP contribution < -0.4 is 11.1 Å². The number of likely N-dealkylation sites (N-methyl/N-ethyl adjacent to an activating group) is 1. The molecular weight excluding hydrogens is 214 g/mol. The number of nitrogens with one attached hydrogen (secondary N) is 1. The van der Waals surface area contributed by atoms with Crippen molar-refractivity contribution in [3.8, 4) is 0 Å². The van der Waals surface area contributed by atoms with Crippen molar-refractivity contribution in [1.82, 2.24) is 10.2 Å². The lowest BCUT2D eigenvalue weighted by Crippen LogP contribution is -2.52. The zero-order valence-corrected chi connectivity index (χ0v) is 10.6. The molecule has 0 aromatic rings. The molecule has 2 rings (SSSR count). The molecule has 0 aromatic carbocycles. The molecule has 0 aromatic heterocycles. The molecule has 2 aliphatic rings. The number of nitrogens with two attached hydrogens (primary N) is 1. The van der Waals surface area contributed by atoms with E-state index in [4.69, 9.17) is 10.5 Å². The Bertz CT molecular complexity index is 303. The van der Waals surface area contributed by atoms with Gasteiger partial charge in [0.1, 0.15) is 0 Å². The van der Waals surface area contributed by atoms with Crippen molar-refractivity contribution in [2.24, 2.45) is 11.7 Å². The Kier molecular flexibility index (Phi) is 4.07. The topological polar surface area (TPSA) is 50.5 Å². The second-order valence-corrected chi connectivity index (χ2v) is 4.80. The third kappa shape index (κ3) is 2.82. The van der Waals surface area contributed by atoms with Gasteiger partial charge in [-0.2, -0.15) is 0 Å². The van der Waals surface area contributed by atoms with Gasteiger partial charge in [-0.05, 0) is 19.0 Å². The molecule has 96 valence electrons. The summed E-state index contributed by atoms with van der Waals surface area (Å²) in [5.74, 6) is 1.33. The highest BCUT2D eigenvalue weighted by Gasteiger charge is 2.31. The Morgan fingerprint density at radius 1 is 1.71 bits per heavy atom. The molecular formula is C13H23N3O. The smallest absolute Gasteiger partial charge is 0.0919 e. The van der Waals surface area contributed by atoms with Crippen LogP contribution in [0.1, 0.15) is 13.3 Å². The molecule has 0 aliphatic carbocycles. The van der Waals surface area contributed by atoms with Gasteiger partial charge in [-0.1, -0.05) is 13.0 Å². The van der Waals surface area contributed by atoms with Crippen molar-refractivity contribution in [3.63, 3.8) is 0 Å². The molecule has 0 radical (unpaired) electrons. The van der Waals surface area contributed by atoms with Crippen LogP contribution in [0.25, 0.3) is 0 Å². The van der Waals surface area contributed by atoms with Crippen LogP contribution in [-0.2, 0) is 4.74 Å². The van der Waals surface area contributed by atoms with Crippen molar-refractivity contribution in [2.45, 2.75) is 25.5 Å². The first-order valence-corrected chi connectivity index (χ1v) is 6.42. The van der Waals surface area contributed by atoms with E-state index in [1.54, 1.807) is 0 Å². The highest BCUT2D eigenvalue weighted by Crippen LogP contribution is 2.22. The minimum Gasteiger partial charge on any atom is -0.386 e. The van der Waals surface area contributed by atoms with Gasteiger partial charge in [0.05, 0.1) is 24.6 Å². The Hall–Kier alpha value is -1.00. The molecule has 2 heterocycles. The van der Waals surface area contributed by atoms with Crippen LogP contribution in [-0.4, -0.2) is 43.3 Å². The minimum absolute atomic E-state index is 0.308. The van der Waals surface area contributed by atoms with Gasteiger partial charge in [0, 0.05) is 19.0 Å². The summed E-state index contributed by atoms with van der Waals surface area (Å²) in [6.45, 7) is 9.79. The van der Waals surface area contributed by atoms with E-state index in [9.17, 15) is 0 Å². The summed E-state index contributed by atoms with van der Waals surface area (Å²) in [7, 11) is 0. The molecule has 3 atom stereocenters. The number of hydrogen-bond acceptors (Lipinski definition) is 4. The van der Waals surface area contributed by atoms with Gasteiger partial charge >= 0.3 is 0 Å². The SMILES string of the molecule is C=C[C@H]1CO[C@@H](C2CC=C(N)NC2)CN1CC. The number of nitrogens with zero attached hydrogens (tertiary/aromatic N) is 1. The van der Waals surface area contributed by atoms with Gasteiger partial charge in [-0.25, -0.2) is 0 Å². The van der Waals surface area contributed by atoms with Crippen LogP contribution in [0.5, 0.6) is 0 Å². The largest absolute Gasteiger partial charge is 0.386 e. The van der Waals surface area contributed by atoms with Gasteiger partial charge in [-0.15, -0.1) is 6.58 Å². The maximum Gasteiger partial charge on any atom is 0.0919 e. The summed E-state index contributed by atoms with van der Waals surface area (Å²) in [6, 6.07) is 0.369. The average molecular weight is 237 g/mol. The summed E-state index contributed by atoms with van der Waals surface area (Å²) in [5, 5.41) is 3.21. The van der Waals surface area contributed by atoms with E-state index < -0.39 is 0 Å². The lowest BCUT2D eigenvalue weighted by atomic mass is 9.94. The molecule has 1 saturated heterocycles. The first-order valence-electron chi connectivity index (χ1n) is 6.42. The van der Waals surface area contributed by atoms with E-state index in [-0.39, 0.29) is 0 Å². The summed E-state index contributed by atoms with van der Waals surface area (Å²) in [6.07, 6.45) is 5.37. The number of morpholine rings is 1. The zero-order chi connectivity index (χ0) is 12.3. The molecule has 0 saturated carbocycles. The standard InChI is InChI=1S/C13H23N3O/c1-3-11-9-17-12(8-16(11)4-2)10-5-6-13(14)15-7-10/h3,6,10-12,15H,1,4-5,7-9,14H2,2H3/t10?,11-,12+/m0/s1. The molecule has 0 bridgehead atoms. The summed E-state index contributed by atoms with van der Waals surface area (Å²) < 4.78 is 5.97. The average Bonchev–Trinajstić information content (AvgIpc) is 2.39. The predicted molar refractivity (Wildman–Crippen MR) is 69.4 cm³/mol. The first-order chi connectivity index (χ1) is 8.24. The number of rotatable bonds is 3. The van der Waals surface area contributed by atoms with Gasteiger partial charge in [-0.3, -0.25) is 4.90 Å².